The third-order valence-corrected chi connectivity index (χ3v) is 6.38. The Bertz CT molecular complexity index is 1880. The fourth-order valence-electron chi connectivity index (χ4n) is 4.19. The van der Waals surface area contributed by atoms with Crippen LogP contribution < -0.4 is 19.9 Å². The van der Waals surface area contributed by atoms with E-state index in [-0.39, 0.29) is 41.5 Å². The third kappa shape index (κ3) is 6.41. The molecule has 0 saturated carbocycles. The summed E-state index contributed by atoms with van der Waals surface area (Å²) in [5.41, 5.74) is 6.72. The normalized spacial score (nSPS) is 10.8. The molecule has 0 aliphatic rings. The number of hydrogen-bond donors (Lipinski definition) is 4. The van der Waals surface area contributed by atoms with Gasteiger partial charge in [0.25, 0.3) is 11.8 Å². The van der Waals surface area contributed by atoms with E-state index in [1.54, 1.807) is 60.4 Å². The van der Waals surface area contributed by atoms with Crippen LogP contribution in [0, 0.1) is 17.0 Å². The predicted octanol–water partition coefficient (Wildman–Crippen LogP) is 6.14. The van der Waals surface area contributed by atoms with Gasteiger partial charge in [-0.3, -0.25) is 10.2 Å². The molecule has 5 N–H and O–H groups in total. The number of aryl methyl sites for hydroxylation is 2. The number of nitrogens with zero attached hydrogens (tertiary/aromatic N) is 3. The standard InChI is InChI=1S/C31H25F2N5O6/c1-38-14-13-36-29(38)19-6-4-7-20(15-19)42-30-25(32)27(43-22-8-3-2-5-17(22)10-12-24(40)41)26(33)31(37-30)44-23-16-18(28(34)35)9-11-21(23)39/h2-9,11,13-16,39H,10,12H2,1H3,(H3,34,35)(H,40,41). The maximum atomic E-state index is 15.9. The number of carboxylic acids is 1. The van der Waals surface area contributed by atoms with E-state index in [1.165, 1.54) is 30.3 Å². The minimum atomic E-state index is -1.38. The number of imidazole rings is 1. The maximum Gasteiger partial charge on any atom is 0.303 e. The van der Waals surface area contributed by atoms with Crippen LogP contribution in [0.25, 0.3) is 11.4 Å². The molecule has 11 nitrogen and oxygen atoms in total. The van der Waals surface area contributed by atoms with Gasteiger partial charge in [0.2, 0.25) is 17.4 Å². The molecular weight excluding hydrogens is 576 g/mol. The summed E-state index contributed by atoms with van der Waals surface area (Å²) in [6, 6.07) is 16.4. The number of nitrogen functional groups attached to an aromatic ring is 1. The van der Waals surface area contributed by atoms with Crippen molar-refractivity contribution in [2.45, 2.75) is 12.8 Å². The highest BCUT2D eigenvalue weighted by molar-refractivity contribution is 5.95. The van der Waals surface area contributed by atoms with Gasteiger partial charge < -0.3 is 34.7 Å². The van der Waals surface area contributed by atoms with Gasteiger partial charge in [-0.15, -0.1) is 0 Å². The van der Waals surface area contributed by atoms with E-state index in [0.717, 1.165) is 0 Å². The fraction of sp³-hybridized carbons (Fsp3) is 0.0968. The van der Waals surface area contributed by atoms with Crippen molar-refractivity contribution in [3.63, 3.8) is 0 Å². The number of carboxylic acid groups (broad SMARTS) is 1. The lowest BCUT2D eigenvalue weighted by atomic mass is 10.1. The molecule has 0 saturated heterocycles. The Kier molecular flexibility index (Phi) is 8.37. The van der Waals surface area contributed by atoms with Gasteiger partial charge >= 0.3 is 5.97 Å². The minimum absolute atomic E-state index is 0.00662. The number of halogens is 2. The number of para-hydroxylation sites is 1. The van der Waals surface area contributed by atoms with E-state index in [0.29, 0.717) is 17.0 Å². The summed E-state index contributed by atoms with van der Waals surface area (Å²) >= 11 is 0. The Morgan fingerprint density at radius 3 is 2.43 bits per heavy atom. The van der Waals surface area contributed by atoms with Crippen molar-refractivity contribution < 1.29 is 38.0 Å². The van der Waals surface area contributed by atoms with E-state index in [9.17, 15) is 9.90 Å². The molecule has 0 aliphatic heterocycles. The Hall–Kier alpha value is -5.98. The molecule has 224 valence electrons. The summed E-state index contributed by atoms with van der Waals surface area (Å²) in [4.78, 5) is 19.3. The Morgan fingerprint density at radius 1 is 0.977 bits per heavy atom. The van der Waals surface area contributed by atoms with Crippen LogP contribution in [0.4, 0.5) is 8.78 Å². The number of aliphatic carboxylic acids is 1. The fourth-order valence-corrected chi connectivity index (χ4v) is 4.19. The molecule has 2 heterocycles. The van der Waals surface area contributed by atoms with Crippen LogP contribution >= 0.6 is 0 Å². The van der Waals surface area contributed by atoms with Gasteiger partial charge in [0.05, 0.1) is 0 Å². The van der Waals surface area contributed by atoms with E-state index in [2.05, 4.69) is 9.97 Å². The number of rotatable bonds is 11. The average molecular weight is 602 g/mol. The first-order chi connectivity index (χ1) is 21.1. The molecule has 0 spiro atoms. The second-order valence-corrected chi connectivity index (χ2v) is 9.47. The highest BCUT2D eigenvalue weighted by Gasteiger charge is 2.27. The number of phenolic OH excluding ortho intramolecular Hbond substituents is 1. The van der Waals surface area contributed by atoms with Crippen molar-refractivity contribution >= 4 is 11.8 Å². The van der Waals surface area contributed by atoms with Gasteiger partial charge in [0.15, 0.2) is 11.5 Å². The molecule has 0 aliphatic carbocycles. The van der Waals surface area contributed by atoms with Crippen LogP contribution in [0.15, 0.2) is 79.1 Å². The lowest BCUT2D eigenvalue weighted by Gasteiger charge is -2.16. The van der Waals surface area contributed by atoms with Gasteiger partial charge in [0.1, 0.15) is 23.2 Å². The highest BCUT2D eigenvalue weighted by atomic mass is 19.1. The molecule has 0 radical (unpaired) electrons. The number of phenols is 1. The topological polar surface area (TPSA) is 166 Å². The number of aromatic hydroxyl groups is 1. The molecule has 0 atom stereocenters. The van der Waals surface area contributed by atoms with E-state index in [4.69, 9.17) is 30.5 Å². The van der Waals surface area contributed by atoms with Crippen molar-refractivity contribution in [2.24, 2.45) is 12.8 Å². The van der Waals surface area contributed by atoms with Crippen LogP contribution in [-0.4, -0.2) is 36.6 Å². The first kappa shape index (κ1) is 29.5. The molecule has 5 rings (SSSR count). The maximum absolute atomic E-state index is 15.9. The molecule has 0 bridgehead atoms. The number of benzene rings is 3. The number of pyridine rings is 1. The summed E-state index contributed by atoms with van der Waals surface area (Å²) in [6.07, 6.45) is 3.14. The second-order valence-electron chi connectivity index (χ2n) is 9.47. The average Bonchev–Trinajstić information content (AvgIpc) is 3.44. The number of nitrogens with two attached hydrogens (primary N) is 1. The number of ether oxygens (including phenoxy) is 3. The van der Waals surface area contributed by atoms with E-state index in [1.807, 2.05) is 0 Å². The van der Waals surface area contributed by atoms with Crippen molar-refractivity contribution in [1.29, 1.82) is 5.41 Å². The molecule has 0 unspecified atom stereocenters. The summed E-state index contributed by atoms with van der Waals surface area (Å²) in [5, 5.41) is 27.1. The Balaban J connectivity index is 1.59. The molecule has 0 amide bonds. The van der Waals surface area contributed by atoms with Crippen molar-refractivity contribution in [2.75, 3.05) is 0 Å². The summed E-state index contributed by atoms with van der Waals surface area (Å²) in [7, 11) is 1.80. The smallest absolute Gasteiger partial charge is 0.303 e. The van der Waals surface area contributed by atoms with Gasteiger partial charge in [-0.25, -0.2) is 4.98 Å². The highest BCUT2D eigenvalue weighted by Crippen LogP contribution is 2.42. The van der Waals surface area contributed by atoms with Crippen molar-refractivity contribution in [3.8, 4) is 51.9 Å². The molecule has 0 fully saturated rings. The molecule has 2 aromatic heterocycles. The zero-order valence-electron chi connectivity index (χ0n) is 23.1. The largest absolute Gasteiger partial charge is 0.504 e. The Labute approximate surface area is 249 Å². The van der Waals surface area contributed by atoms with Crippen LogP contribution in [0.5, 0.6) is 40.5 Å². The van der Waals surface area contributed by atoms with Gasteiger partial charge in [-0.2, -0.15) is 13.8 Å². The summed E-state index contributed by atoms with van der Waals surface area (Å²) < 4.78 is 50.6. The minimum Gasteiger partial charge on any atom is -0.504 e. The Morgan fingerprint density at radius 2 is 1.73 bits per heavy atom. The molecule has 13 heteroatoms. The zero-order valence-corrected chi connectivity index (χ0v) is 23.1. The van der Waals surface area contributed by atoms with E-state index >= 15 is 8.78 Å². The lowest BCUT2D eigenvalue weighted by molar-refractivity contribution is -0.136. The van der Waals surface area contributed by atoms with Gasteiger partial charge in [0, 0.05) is 37.0 Å². The number of nitrogens with one attached hydrogen (secondary N) is 1. The first-order valence-electron chi connectivity index (χ1n) is 13.1. The third-order valence-electron chi connectivity index (χ3n) is 6.38. The van der Waals surface area contributed by atoms with Crippen LogP contribution in [0.3, 0.4) is 0 Å². The van der Waals surface area contributed by atoms with Crippen molar-refractivity contribution in [3.05, 3.63) is 102 Å². The molecule has 3 aromatic carbocycles. The molecule has 5 aromatic rings. The second kappa shape index (κ2) is 12.5. The first-order valence-corrected chi connectivity index (χ1v) is 13.1. The zero-order chi connectivity index (χ0) is 31.4. The molecular formula is C31H25F2N5O6. The van der Waals surface area contributed by atoms with Gasteiger partial charge in [-0.1, -0.05) is 30.3 Å². The quantitative estimate of drug-likeness (QED) is 0.103. The number of carbonyl (C=O) groups is 1. The SMILES string of the molecule is Cn1ccnc1-c1cccc(Oc2nc(Oc3cc(C(=N)N)ccc3O)c(F)c(Oc3ccccc3CCC(=O)O)c2F)c1. The predicted molar refractivity (Wildman–Crippen MR) is 155 cm³/mol. The van der Waals surface area contributed by atoms with Crippen molar-refractivity contribution in [1.82, 2.24) is 14.5 Å². The monoisotopic (exact) mass is 601 g/mol. The van der Waals surface area contributed by atoms with Crippen LogP contribution in [-0.2, 0) is 18.3 Å². The van der Waals surface area contributed by atoms with Crippen LogP contribution in [0.1, 0.15) is 17.5 Å². The number of hydrogen-bond acceptors (Lipinski definition) is 8. The molecule has 44 heavy (non-hydrogen) atoms. The van der Waals surface area contributed by atoms with E-state index < -0.39 is 40.9 Å². The van der Waals surface area contributed by atoms with Gasteiger partial charge in [-0.05, 0) is 48.4 Å². The van der Waals surface area contributed by atoms with Crippen LogP contribution in [0.2, 0.25) is 0 Å². The summed E-state index contributed by atoms with van der Waals surface area (Å²) in [6.45, 7) is 0. The number of amidine groups is 1. The number of aromatic nitrogens is 3. The lowest BCUT2D eigenvalue weighted by Crippen LogP contribution is -2.11. The summed E-state index contributed by atoms with van der Waals surface area (Å²) in [5.74, 6) is -6.63.